The van der Waals surface area contributed by atoms with E-state index in [0.717, 1.165) is 77.0 Å². The Morgan fingerprint density at radius 2 is 0.754 bits per heavy atom. The van der Waals surface area contributed by atoms with Gasteiger partial charge in [-0.2, -0.15) is 0 Å². The second-order valence-corrected chi connectivity index (χ2v) is 16.0. The maximum Gasteiger partial charge on any atom is 0.306 e. The monoisotopic (exact) mass is 847 g/mol. The van der Waals surface area contributed by atoms with Gasteiger partial charge in [0.2, 0.25) is 0 Å². The zero-order valence-corrected chi connectivity index (χ0v) is 39.4. The molecule has 0 heterocycles. The molecule has 6 nitrogen and oxygen atoms in total. The molecule has 1 unspecified atom stereocenters. The van der Waals surface area contributed by atoms with Crippen molar-refractivity contribution in [2.45, 2.75) is 219 Å². The van der Waals surface area contributed by atoms with Crippen LogP contribution in [0.15, 0.2) is 97.2 Å². The SMILES string of the molecule is CC/C=C/C=C/C=C/CCCCCCCC(=O)OC(COC(=O)CC/C=C/C/C=C/CCCCCCCC)COC(=O)CCC/C=C/C/C=C/C/C=C/CCCCCCCC. The second kappa shape index (κ2) is 49.0. The van der Waals surface area contributed by atoms with E-state index >= 15 is 0 Å². The van der Waals surface area contributed by atoms with Gasteiger partial charge in [-0.05, 0) is 89.9 Å². The van der Waals surface area contributed by atoms with Crippen molar-refractivity contribution in [2.24, 2.45) is 0 Å². The first-order valence-electron chi connectivity index (χ1n) is 24.8. The average Bonchev–Trinajstić information content (AvgIpc) is 3.26. The minimum atomic E-state index is -0.830. The van der Waals surface area contributed by atoms with Gasteiger partial charge >= 0.3 is 17.9 Å². The summed E-state index contributed by atoms with van der Waals surface area (Å²) < 4.78 is 16.6. The van der Waals surface area contributed by atoms with E-state index in [1.54, 1.807) is 0 Å². The van der Waals surface area contributed by atoms with Gasteiger partial charge in [0.15, 0.2) is 6.10 Å². The van der Waals surface area contributed by atoms with Gasteiger partial charge in [-0.25, -0.2) is 0 Å². The van der Waals surface area contributed by atoms with Crippen LogP contribution in [0.4, 0.5) is 0 Å². The molecule has 0 aromatic rings. The largest absolute Gasteiger partial charge is 0.462 e. The quantitative estimate of drug-likeness (QED) is 0.0200. The summed E-state index contributed by atoms with van der Waals surface area (Å²) in [6.07, 6.45) is 64.1. The second-order valence-electron chi connectivity index (χ2n) is 16.0. The fraction of sp³-hybridized carbons (Fsp3) is 0.655. The standard InChI is InChI=1S/C55H90O6/c1-4-7-10-13-16-19-22-25-26-27-28-31-33-36-39-42-45-48-54(57)60-51-52(61-55(58)49-46-43-40-37-34-30-24-21-18-15-12-9-6-3)50-59-53(56)47-44-41-38-35-32-29-23-20-17-14-11-8-5-2/h9,12,15,18,21,24-26,28-29,31-32,36,38-39,41,52H,4-8,10-11,13-14,16-17,19-20,22-23,27,30,33-35,37,40,42-51H2,1-3H3/b12-9+,18-15+,24-21+,26-25+,31-28+,32-29+,39-36+,41-38+. The van der Waals surface area contributed by atoms with Crippen LogP contribution in [0.1, 0.15) is 213 Å². The van der Waals surface area contributed by atoms with Crippen molar-refractivity contribution < 1.29 is 28.6 Å². The average molecular weight is 847 g/mol. The van der Waals surface area contributed by atoms with Gasteiger partial charge in [0, 0.05) is 19.3 Å². The van der Waals surface area contributed by atoms with Crippen LogP contribution in [0.2, 0.25) is 0 Å². The summed E-state index contributed by atoms with van der Waals surface area (Å²) in [7, 11) is 0. The molecule has 0 saturated carbocycles. The summed E-state index contributed by atoms with van der Waals surface area (Å²) in [6.45, 7) is 6.36. The Hall–Kier alpha value is -3.67. The number of allylic oxidation sites excluding steroid dienone is 16. The van der Waals surface area contributed by atoms with E-state index in [1.165, 1.54) is 83.5 Å². The summed E-state index contributed by atoms with van der Waals surface area (Å²) in [5.74, 6) is -1.07. The highest BCUT2D eigenvalue weighted by Crippen LogP contribution is 2.12. The minimum Gasteiger partial charge on any atom is -0.462 e. The molecule has 0 spiro atoms. The lowest BCUT2D eigenvalue weighted by Gasteiger charge is -2.18. The number of unbranched alkanes of at least 4 members (excludes halogenated alkanes) is 18. The van der Waals surface area contributed by atoms with E-state index in [4.69, 9.17) is 14.2 Å². The lowest BCUT2D eigenvalue weighted by molar-refractivity contribution is -0.166. The molecule has 1 atom stereocenters. The summed E-state index contributed by atoms with van der Waals surface area (Å²) in [5, 5.41) is 0. The first-order chi connectivity index (χ1) is 30.0. The minimum absolute atomic E-state index is 0.130. The van der Waals surface area contributed by atoms with Gasteiger partial charge in [-0.15, -0.1) is 0 Å². The third-order valence-corrected chi connectivity index (χ3v) is 10.1. The molecular weight excluding hydrogens is 757 g/mol. The predicted molar refractivity (Wildman–Crippen MR) is 260 cm³/mol. The van der Waals surface area contributed by atoms with Crippen molar-refractivity contribution >= 4 is 17.9 Å². The van der Waals surface area contributed by atoms with Gasteiger partial charge in [-0.1, -0.05) is 201 Å². The zero-order valence-electron chi connectivity index (χ0n) is 39.4. The third kappa shape index (κ3) is 47.2. The fourth-order valence-corrected chi connectivity index (χ4v) is 6.39. The number of hydrogen-bond acceptors (Lipinski definition) is 6. The van der Waals surface area contributed by atoms with Crippen LogP contribution in [0.25, 0.3) is 0 Å². The van der Waals surface area contributed by atoms with E-state index in [-0.39, 0.29) is 50.4 Å². The van der Waals surface area contributed by atoms with Crippen molar-refractivity contribution in [3.63, 3.8) is 0 Å². The van der Waals surface area contributed by atoms with E-state index in [2.05, 4.69) is 106 Å². The fourth-order valence-electron chi connectivity index (χ4n) is 6.39. The maximum atomic E-state index is 12.7. The lowest BCUT2D eigenvalue weighted by atomic mass is 10.1. The van der Waals surface area contributed by atoms with E-state index in [9.17, 15) is 14.4 Å². The first-order valence-corrected chi connectivity index (χ1v) is 24.8. The molecule has 61 heavy (non-hydrogen) atoms. The van der Waals surface area contributed by atoms with Crippen molar-refractivity contribution in [3.05, 3.63) is 97.2 Å². The van der Waals surface area contributed by atoms with E-state index < -0.39 is 6.10 Å². The normalized spacial score (nSPS) is 12.9. The van der Waals surface area contributed by atoms with Crippen molar-refractivity contribution in [3.8, 4) is 0 Å². The van der Waals surface area contributed by atoms with Gasteiger partial charge in [0.25, 0.3) is 0 Å². The van der Waals surface area contributed by atoms with Crippen LogP contribution in [-0.2, 0) is 28.6 Å². The third-order valence-electron chi connectivity index (χ3n) is 10.1. The van der Waals surface area contributed by atoms with E-state index in [1.807, 2.05) is 12.2 Å². The molecule has 0 fully saturated rings. The summed E-state index contributed by atoms with van der Waals surface area (Å²) in [5.41, 5.74) is 0. The smallest absolute Gasteiger partial charge is 0.306 e. The molecule has 0 aliphatic heterocycles. The highest BCUT2D eigenvalue weighted by Gasteiger charge is 2.19. The number of carbonyl (C=O) groups excluding carboxylic acids is 3. The van der Waals surface area contributed by atoms with Crippen LogP contribution >= 0.6 is 0 Å². The molecule has 0 rings (SSSR count). The van der Waals surface area contributed by atoms with Gasteiger partial charge in [0.05, 0.1) is 0 Å². The highest BCUT2D eigenvalue weighted by molar-refractivity contribution is 5.71. The van der Waals surface area contributed by atoms with Crippen LogP contribution in [-0.4, -0.2) is 37.2 Å². The summed E-state index contributed by atoms with van der Waals surface area (Å²) in [4.78, 5) is 37.8. The molecule has 6 heteroatoms. The molecule has 0 aromatic carbocycles. The Morgan fingerprint density at radius 3 is 1.28 bits per heavy atom. The summed E-state index contributed by atoms with van der Waals surface area (Å²) in [6, 6.07) is 0. The predicted octanol–water partition coefficient (Wildman–Crippen LogP) is 16.2. The van der Waals surface area contributed by atoms with Gasteiger partial charge in [0.1, 0.15) is 13.2 Å². The molecule has 0 aromatic heterocycles. The van der Waals surface area contributed by atoms with Crippen LogP contribution in [0, 0.1) is 0 Å². The molecule has 0 aliphatic carbocycles. The molecule has 0 bridgehead atoms. The van der Waals surface area contributed by atoms with Crippen molar-refractivity contribution in [1.82, 2.24) is 0 Å². The van der Waals surface area contributed by atoms with Gasteiger partial charge in [-0.3, -0.25) is 14.4 Å². The maximum absolute atomic E-state index is 12.7. The number of ether oxygens (including phenoxy) is 3. The Labute approximate surface area is 375 Å². The molecule has 0 saturated heterocycles. The Kier molecular flexibility index (Phi) is 46.0. The van der Waals surface area contributed by atoms with E-state index in [0.29, 0.717) is 12.8 Å². The molecule has 0 N–H and O–H groups in total. The Balaban J connectivity index is 4.56. The number of hydrogen-bond donors (Lipinski definition) is 0. The summed E-state index contributed by atoms with van der Waals surface area (Å²) >= 11 is 0. The number of rotatable bonds is 43. The molecule has 346 valence electrons. The van der Waals surface area contributed by atoms with Crippen LogP contribution < -0.4 is 0 Å². The number of carbonyl (C=O) groups is 3. The van der Waals surface area contributed by atoms with Crippen molar-refractivity contribution in [1.29, 1.82) is 0 Å². The van der Waals surface area contributed by atoms with Crippen molar-refractivity contribution in [2.75, 3.05) is 13.2 Å². The number of esters is 3. The molecular formula is C55H90O6. The van der Waals surface area contributed by atoms with Gasteiger partial charge < -0.3 is 14.2 Å². The van der Waals surface area contributed by atoms with Crippen LogP contribution in [0.3, 0.4) is 0 Å². The topological polar surface area (TPSA) is 78.9 Å². The Morgan fingerprint density at radius 1 is 0.361 bits per heavy atom. The highest BCUT2D eigenvalue weighted by atomic mass is 16.6. The molecule has 0 aliphatic rings. The molecule has 0 radical (unpaired) electrons. The Bertz CT molecular complexity index is 1250. The lowest BCUT2D eigenvalue weighted by Crippen LogP contribution is -2.30. The first kappa shape index (κ1) is 57.3. The molecule has 0 amide bonds. The zero-order chi connectivity index (χ0) is 44.4. The van der Waals surface area contributed by atoms with Crippen LogP contribution in [0.5, 0.6) is 0 Å².